The number of imide groups is 1. The minimum Gasteiger partial charge on any atom is -0.452 e. The standard InChI is InChI=1S/C24H20ClN3O6/c25-16-10-8-14(9-11-16)21(30)27-26-20(29)13-34-24(33)15-4-3-5-17(12-15)28-22(31)18-6-1-2-7-19(18)23(28)32/h1-5,8-12,18-19H,6-7,13H2,(H,26,29)(H,27,30)/t18-,19+. The van der Waals surface area contributed by atoms with Gasteiger partial charge in [0.05, 0.1) is 23.1 Å². The average molecular weight is 482 g/mol. The van der Waals surface area contributed by atoms with Crippen molar-refractivity contribution < 1.29 is 28.7 Å². The summed E-state index contributed by atoms with van der Waals surface area (Å²) in [7, 11) is 0. The lowest BCUT2D eigenvalue weighted by Crippen LogP contribution is -2.43. The number of halogens is 1. The molecular formula is C24H20ClN3O6. The molecule has 34 heavy (non-hydrogen) atoms. The summed E-state index contributed by atoms with van der Waals surface area (Å²) in [4.78, 5) is 63.0. The molecule has 9 nitrogen and oxygen atoms in total. The van der Waals surface area contributed by atoms with Crippen molar-refractivity contribution in [2.45, 2.75) is 12.8 Å². The van der Waals surface area contributed by atoms with Crippen LogP contribution in [0.2, 0.25) is 5.02 Å². The number of carbonyl (C=O) groups excluding carboxylic acids is 5. The van der Waals surface area contributed by atoms with E-state index in [4.69, 9.17) is 16.3 Å². The van der Waals surface area contributed by atoms with Crippen molar-refractivity contribution in [1.82, 2.24) is 10.9 Å². The minimum atomic E-state index is -0.820. The van der Waals surface area contributed by atoms with Gasteiger partial charge in [0.1, 0.15) is 0 Å². The molecule has 1 saturated heterocycles. The van der Waals surface area contributed by atoms with Crippen LogP contribution in [0.4, 0.5) is 5.69 Å². The van der Waals surface area contributed by atoms with Crippen molar-refractivity contribution >= 4 is 46.9 Å². The number of nitrogens with one attached hydrogen (secondary N) is 2. The molecule has 4 rings (SSSR count). The van der Waals surface area contributed by atoms with Crippen LogP contribution in [0, 0.1) is 11.8 Å². The Hall–Kier alpha value is -3.98. The second-order valence-corrected chi connectivity index (χ2v) is 8.24. The van der Waals surface area contributed by atoms with Gasteiger partial charge in [-0.15, -0.1) is 0 Å². The van der Waals surface area contributed by atoms with Crippen LogP contribution in [0.5, 0.6) is 0 Å². The molecule has 1 aliphatic heterocycles. The van der Waals surface area contributed by atoms with Crippen LogP contribution in [-0.2, 0) is 19.1 Å². The number of allylic oxidation sites excluding steroid dienone is 2. The molecule has 0 spiro atoms. The Morgan fingerprint density at radius 1 is 0.912 bits per heavy atom. The predicted molar refractivity (Wildman–Crippen MR) is 122 cm³/mol. The van der Waals surface area contributed by atoms with Gasteiger partial charge in [-0.1, -0.05) is 29.8 Å². The lowest BCUT2D eigenvalue weighted by molar-refractivity contribution is -0.125. The lowest BCUT2D eigenvalue weighted by Gasteiger charge is -2.15. The summed E-state index contributed by atoms with van der Waals surface area (Å²) < 4.78 is 4.99. The number of benzene rings is 2. The van der Waals surface area contributed by atoms with E-state index < -0.39 is 24.4 Å². The van der Waals surface area contributed by atoms with Crippen molar-refractivity contribution in [1.29, 1.82) is 0 Å². The summed E-state index contributed by atoms with van der Waals surface area (Å²) in [5.41, 5.74) is 4.98. The summed E-state index contributed by atoms with van der Waals surface area (Å²) in [5.74, 6) is -3.51. The number of anilines is 1. The van der Waals surface area contributed by atoms with Crippen molar-refractivity contribution in [2.75, 3.05) is 11.5 Å². The quantitative estimate of drug-likeness (QED) is 0.293. The van der Waals surface area contributed by atoms with Crippen molar-refractivity contribution in [3.05, 3.63) is 76.8 Å². The van der Waals surface area contributed by atoms with E-state index in [-0.39, 0.29) is 40.5 Å². The first-order valence-corrected chi connectivity index (χ1v) is 10.9. The minimum absolute atomic E-state index is 0.0732. The SMILES string of the molecule is O=C(COC(=O)c1cccc(N2C(=O)[C@H]3CC=CC[C@H]3C2=O)c1)NNC(=O)c1ccc(Cl)cc1. The summed E-state index contributed by atoms with van der Waals surface area (Å²) in [6.07, 6.45) is 4.81. The van der Waals surface area contributed by atoms with Crippen LogP contribution in [0.3, 0.4) is 0 Å². The van der Waals surface area contributed by atoms with E-state index in [1.807, 2.05) is 12.2 Å². The smallest absolute Gasteiger partial charge is 0.338 e. The molecule has 0 aromatic heterocycles. The molecule has 0 radical (unpaired) electrons. The van der Waals surface area contributed by atoms with Gasteiger partial charge in [0.15, 0.2) is 6.61 Å². The van der Waals surface area contributed by atoms with Gasteiger partial charge < -0.3 is 4.74 Å². The third-order valence-corrected chi connectivity index (χ3v) is 5.86. The molecule has 2 N–H and O–H groups in total. The fraction of sp³-hybridized carbons (Fsp3) is 0.208. The first kappa shape index (κ1) is 23.2. The van der Waals surface area contributed by atoms with Crippen molar-refractivity contribution in [3.8, 4) is 0 Å². The Labute approximate surface area is 199 Å². The highest BCUT2D eigenvalue weighted by atomic mass is 35.5. The molecule has 0 bridgehead atoms. The van der Waals surface area contributed by atoms with Gasteiger partial charge in [0.2, 0.25) is 11.8 Å². The van der Waals surface area contributed by atoms with Gasteiger partial charge >= 0.3 is 5.97 Å². The number of fused-ring (bicyclic) bond motifs is 1. The number of carbonyl (C=O) groups is 5. The van der Waals surface area contributed by atoms with E-state index in [9.17, 15) is 24.0 Å². The number of esters is 1. The highest BCUT2D eigenvalue weighted by Crippen LogP contribution is 2.37. The molecular weight excluding hydrogens is 462 g/mol. The number of hydrazine groups is 1. The Kier molecular flexibility index (Phi) is 6.74. The van der Waals surface area contributed by atoms with Gasteiger partial charge in [-0.25, -0.2) is 4.79 Å². The maximum Gasteiger partial charge on any atom is 0.338 e. The normalized spacial score (nSPS) is 18.9. The van der Waals surface area contributed by atoms with Crippen LogP contribution in [-0.4, -0.2) is 36.2 Å². The number of hydrogen-bond acceptors (Lipinski definition) is 6. The summed E-state index contributed by atoms with van der Waals surface area (Å²) in [6.45, 7) is -0.651. The average Bonchev–Trinajstić information content (AvgIpc) is 3.11. The molecule has 2 aliphatic rings. The van der Waals surface area contributed by atoms with Crippen LogP contribution < -0.4 is 15.8 Å². The Morgan fingerprint density at radius 3 is 2.21 bits per heavy atom. The second kappa shape index (κ2) is 9.88. The maximum absolute atomic E-state index is 12.8. The third kappa shape index (κ3) is 4.84. The van der Waals surface area contributed by atoms with Gasteiger partial charge in [0.25, 0.3) is 11.8 Å². The first-order valence-electron chi connectivity index (χ1n) is 10.5. The van der Waals surface area contributed by atoms with E-state index in [2.05, 4.69) is 10.9 Å². The molecule has 1 aliphatic carbocycles. The Balaban J connectivity index is 1.32. The molecule has 2 aromatic carbocycles. The summed E-state index contributed by atoms with van der Waals surface area (Å²) in [5, 5.41) is 0.463. The molecule has 1 fully saturated rings. The van der Waals surface area contributed by atoms with Crippen molar-refractivity contribution in [3.63, 3.8) is 0 Å². The zero-order chi connectivity index (χ0) is 24.2. The number of rotatable bonds is 5. The molecule has 0 saturated carbocycles. The number of ether oxygens (including phenoxy) is 1. The maximum atomic E-state index is 12.8. The molecule has 174 valence electrons. The fourth-order valence-corrected chi connectivity index (χ4v) is 4.00. The van der Waals surface area contributed by atoms with Gasteiger partial charge in [-0.05, 0) is 55.3 Å². The highest BCUT2D eigenvalue weighted by Gasteiger charge is 2.47. The van der Waals surface area contributed by atoms with Crippen LogP contribution in [0.15, 0.2) is 60.7 Å². The zero-order valence-corrected chi connectivity index (χ0v) is 18.6. The van der Waals surface area contributed by atoms with E-state index >= 15 is 0 Å². The van der Waals surface area contributed by atoms with E-state index in [0.29, 0.717) is 17.9 Å². The predicted octanol–water partition coefficient (Wildman–Crippen LogP) is 2.41. The number of hydrogen-bond donors (Lipinski definition) is 2. The number of amides is 4. The zero-order valence-electron chi connectivity index (χ0n) is 17.8. The fourth-order valence-electron chi connectivity index (χ4n) is 3.88. The Morgan fingerprint density at radius 2 is 1.56 bits per heavy atom. The van der Waals surface area contributed by atoms with Crippen LogP contribution in [0.25, 0.3) is 0 Å². The van der Waals surface area contributed by atoms with E-state index in [1.165, 1.54) is 42.5 Å². The molecule has 1 heterocycles. The largest absolute Gasteiger partial charge is 0.452 e. The molecule has 2 atom stereocenters. The lowest BCUT2D eigenvalue weighted by atomic mass is 9.85. The summed E-state index contributed by atoms with van der Waals surface area (Å²) >= 11 is 5.77. The van der Waals surface area contributed by atoms with Crippen molar-refractivity contribution in [2.24, 2.45) is 11.8 Å². The van der Waals surface area contributed by atoms with E-state index in [1.54, 1.807) is 6.07 Å². The highest BCUT2D eigenvalue weighted by molar-refractivity contribution is 6.30. The molecule has 0 unspecified atom stereocenters. The van der Waals surface area contributed by atoms with E-state index in [0.717, 1.165) is 4.90 Å². The second-order valence-electron chi connectivity index (χ2n) is 7.80. The first-order chi connectivity index (χ1) is 16.3. The molecule has 2 aromatic rings. The monoisotopic (exact) mass is 481 g/mol. The van der Waals surface area contributed by atoms with Gasteiger partial charge in [0, 0.05) is 10.6 Å². The topological polar surface area (TPSA) is 122 Å². The van der Waals surface area contributed by atoms with Gasteiger partial charge in [-0.2, -0.15) is 0 Å². The number of nitrogens with zero attached hydrogens (tertiary/aromatic N) is 1. The third-order valence-electron chi connectivity index (χ3n) is 5.60. The van der Waals surface area contributed by atoms with Crippen LogP contribution >= 0.6 is 11.6 Å². The molecule has 4 amide bonds. The van der Waals surface area contributed by atoms with Crippen LogP contribution in [0.1, 0.15) is 33.6 Å². The molecule has 10 heteroatoms. The Bertz CT molecular complexity index is 1170. The summed E-state index contributed by atoms with van der Waals surface area (Å²) in [6, 6.07) is 11.9. The van der Waals surface area contributed by atoms with Gasteiger partial charge in [-0.3, -0.25) is 34.9 Å².